The van der Waals surface area contributed by atoms with Crippen molar-refractivity contribution in [1.82, 2.24) is 0 Å². The van der Waals surface area contributed by atoms with Gasteiger partial charge in [-0.3, -0.25) is 0 Å². The molecule has 6 heavy (non-hydrogen) atoms. The minimum atomic E-state index is 1.00. The molecule has 0 aromatic carbocycles. The van der Waals surface area contributed by atoms with Crippen molar-refractivity contribution in [3.8, 4) is 0 Å². The van der Waals surface area contributed by atoms with E-state index in [-0.39, 0.29) is 0 Å². The molecule has 1 aliphatic rings. The van der Waals surface area contributed by atoms with Crippen LogP contribution < -0.4 is 0 Å². The topological polar surface area (TPSA) is 9.23 Å². The second-order valence-electron chi connectivity index (χ2n) is 1.67. The van der Waals surface area contributed by atoms with Crippen molar-refractivity contribution >= 4 is 21.6 Å². The molecule has 4 heteroatoms. The van der Waals surface area contributed by atoms with E-state index >= 15 is 0 Å². The Bertz CT molecular complexity index is 24.3. The molecular weight excluding hydrogens is 72.5 g/mol. The highest BCUT2D eigenvalue weighted by molar-refractivity contribution is 7.28. The van der Waals surface area contributed by atoms with E-state index < -0.39 is 0 Å². The van der Waals surface area contributed by atoms with Gasteiger partial charge in [0.2, 0.25) is 7.37 Å². The van der Waals surface area contributed by atoms with Gasteiger partial charge in [0.15, 0.2) is 0 Å². The van der Waals surface area contributed by atoms with E-state index in [1.54, 1.807) is 0 Å². The van der Waals surface area contributed by atoms with E-state index in [0.717, 1.165) is 14.0 Å². The quantitative estimate of drug-likeness (QED) is 0.321. The van der Waals surface area contributed by atoms with Crippen LogP contribution in [0.15, 0.2) is 0 Å². The van der Waals surface area contributed by atoms with Crippen molar-refractivity contribution in [3.05, 3.63) is 0 Å². The number of rotatable bonds is 0. The molecule has 0 aliphatic carbocycles. The van der Waals surface area contributed by atoms with E-state index in [1.165, 1.54) is 20.6 Å². The van der Waals surface area contributed by atoms with E-state index in [1.807, 2.05) is 0 Å². The maximum absolute atomic E-state index is 5.07. The molecule has 0 spiro atoms. The monoisotopic (exact) mass is 80.1 g/mol. The zero-order valence-electron chi connectivity index (χ0n) is 3.94. The Labute approximate surface area is 40.2 Å². The highest BCUT2D eigenvalue weighted by atomic mass is 16.4. The van der Waals surface area contributed by atoms with Crippen LogP contribution in [0.1, 0.15) is 0 Å². The molecule has 1 saturated heterocycles. The van der Waals surface area contributed by atoms with Gasteiger partial charge in [-0.25, -0.2) is 0 Å². The Hall–Kier alpha value is 0.155. The standard InChI is InChI=1S/C2H7B3O/c1-2-6-5-4-3-1/h3-5H,1-2H2. The van der Waals surface area contributed by atoms with Gasteiger partial charge in [0.1, 0.15) is 0 Å². The number of hydrogen-bond acceptors (Lipinski definition) is 1. The van der Waals surface area contributed by atoms with Crippen LogP contribution in [-0.4, -0.2) is 28.2 Å². The van der Waals surface area contributed by atoms with Gasteiger partial charge in [-0.15, -0.1) is 0 Å². The Morgan fingerprint density at radius 2 is 2.50 bits per heavy atom. The van der Waals surface area contributed by atoms with Gasteiger partial charge in [0.25, 0.3) is 0 Å². The Kier molecular flexibility index (Phi) is 1.69. The normalized spacial score (nSPS) is 20.0. The molecule has 1 fully saturated rings. The molecule has 1 nitrogen and oxygen atoms in total. The third-order valence-corrected chi connectivity index (χ3v) is 1.08. The highest BCUT2D eigenvalue weighted by Crippen LogP contribution is 1.84. The molecule has 0 unspecified atom stereocenters. The van der Waals surface area contributed by atoms with Gasteiger partial charge in [-0.1, -0.05) is 6.32 Å². The van der Waals surface area contributed by atoms with Gasteiger partial charge >= 0.3 is 0 Å². The third-order valence-electron chi connectivity index (χ3n) is 1.08. The molecule has 0 saturated carbocycles. The van der Waals surface area contributed by atoms with Crippen molar-refractivity contribution in [2.45, 2.75) is 6.32 Å². The van der Waals surface area contributed by atoms with Crippen LogP contribution in [0.4, 0.5) is 0 Å². The SMILES string of the molecule is B1BCCOB1. The lowest BCUT2D eigenvalue weighted by molar-refractivity contribution is 0.368. The summed E-state index contributed by atoms with van der Waals surface area (Å²) in [6.45, 7) is 1.00. The average Bonchev–Trinajstić information content (AvgIpc) is 1.72. The lowest BCUT2D eigenvalue weighted by Gasteiger charge is -2.04. The molecule has 0 atom stereocenters. The average molecular weight is 79.5 g/mol. The maximum atomic E-state index is 5.07. The van der Waals surface area contributed by atoms with Crippen molar-refractivity contribution < 1.29 is 4.65 Å². The minimum absolute atomic E-state index is 1.00. The summed E-state index contributed by atoms with van der Waals surface area (Å²) in [6, 6.07) is 0. The summed E-state index contributed by atoms with van der Waals surface area (Å²) in [6.07, 6.45) is 1.28. The van der Waals surface area contributed by atoms with Crippen molar-refractivity contribution in [2.75, 3.05) is 6.61 Å². The summed E-state index contributed by atoms with van der Waals surface area (Å²) in [5.41, 5.74) is 0. The highest BCUT2D eigenvalue weighted by Gasteiger charge is 2.01. The molecule has 30 valence electrons. The van der Waals surface area contributed by atoms with E-state index in [4.69, 9.17) is 4.65 Å². The smallest absolute Gasteiger partial charge is 0.226 e. The third kappa shape index (κ3) is 1.09. The first kappa shape index (κ1) is 4.32. The first-order chi connectivity index (χ1) is 3.00. The van der Waals surface area contributed by atoms with Crippen molar-refractivity contribution in [2.24, 2.45) is 0 Å². The van der Waals surface area contributed by atoms with Crippen molar-refractivity contribution in [3.63, 3.8) is 0 Å². The molecule has 0 bridgehead atoms. The van der Waals surface area contributed by atoms with Crippen LogP contribution in [0.2, 0.25) is 6.32 Å². The fourth-order valence-corrected chi connectivity index (χ4v) is 0.687. The van der Waals surface area contributed by atoms with E-state index in [2.05, 4.69) is 0 Å². The van der Waals surface area contributed by atoms with Crippen LogP contribution in [0.3, 0.4) is 0 Å². The van der Waals surface area contributed by atoms with Crippen LogP contribution >= 0.6 is 0 Å². The molecule has 1 heterocycles. The summed E-state index contributed by atoms with van der Waals surface area (Å²) < 4.78 is 5.07. The Morgan fingerprint density at radius 1 is 1.50 bits per heavy atom. The van der Waals surface area contributed by atoms with Crippen LogP contribution in [0.25, 0.3) is 0 Å². The largest absolute Gasteiger partial charge is 0.451 e. The molecule has 0 aromatic rings. The van der Waals surface area contributed by atoms with Gasteiger partial charge in [0.05, 0.1) is 14.2 Å². The molecule has 1 aliphatic heterocycles. The fourth-order valence-electron chi connectivity index (χ4n) is 0.687. The van der Waals surface area contributed by atoms with Crippen LogP contribution in [0, 0.1) is 0 Å². The van der Waals surface area contributed by atoms with E-state index in [0.29, 0.717) is 0 Å². The summed E-state index contributed by atoms with van der Waals surface area (Å²) in [5, 5.41) is 0. The molecule has 0 amide bonds. The molecule has 0 N–H and O–H groups in total. The zero-order valence-corrected chi connectivity index (χ0v) is 3.94. The van der Waals surface area contributed by atoms with Gasteiger partial charge in [-0.2, -0.15) is 0 Å². The fraction of sp³-hybridized carbons (Fsp3) is 1.00. The van der Waals surface area contributed by atoms with Gasteiger partial charge in [0, 0.05) is 6.61 Å². The predicted octanol–water partition coefficient (Wildman–Crippen LogP) is -1.51. The summed E-state index contributed by atoms with van der Waals surface area (Å²) in [5.74, 6) is 0. The number of hydrogen-bond donors (Lipinski definition) is 0. The molecule has 0 aromatic heterocycles. The van der Waals surface area contributed by atoms with E-state index in [9.17, 15) is 0 Å². The summed E-state index contributed by atoms with van der Waals surface area (Å²) in [7, 11) is 3.65. The maximum Gasteiger partial charge on any atom is 0.226 e. The lowest BCUT2D eigenvalue weighted by atomic mass is 9.23. The zero-order chi connectivity index (χ0) is 4.24. The van der Waals surface area contributed by atoms with Crippen molar-refractivity contribution in [1.29, 1.82) is 0 Å². The Balaban J connectivity index is 2.00. The Morgan fingerprint density at radius 3 is 2.67 bits per heavy atom. The summed E-state index contributed by atoms with van der Waals surface area (Å²) >= 11 is 0. The second kappa shape index (κ2) is 2.35. The molecule has 1 rings (SSSR count). The van der Waals surface area contributed by atoms with Crippen LogP contribution in [-0.2, 0) is 4.65 Å². The first-order valence-corrected chi connectivity index (χ1v) is 2.58. The summed E-state index contributed by atoms with van der Waals surface area (Å²) in [4.78, 5) is 0. The van der Waals surface area contributed by atoms with Gasteiger partial charge in [-0.05, 0) is 0 Å². The molecule has 0 radical (unpaired) electrons. The first-order valence-electron chi connectivity index (χ1n) is 2.58. The lowest BCUT2D eigenvalue weighted by Crippen LogP contribution is -2.23. The molecular formula is C2H7B3O. The second-order valence-corrected chi connectivity index (χ2v) is 1.67. The van der Waals surface area contributed by atoms with Gasteiger partial charge < -0.3 is 4.65 Å². The van der Waals surface area contributed by atoms with Crippen LogP contribution in [0.5, 0.6) is 0 Å². The predicted molar refractivity (Wildman–Crippen MR) is 32.2 cm³/mol. The minimum Gasteiger partial charge on any atom is -0.451 e.